The van der Waals surface area contributed by atoms with E-state index in [-0.39, 0.29) is 0 Å². The summed E-state index contributed by atoms with van der Waals surface area (Å²) in [6.45, 7) is 9.92. The van der Waals surface area contributed by atoms with E-state index in [0.717, 1.165) is 17.9 Å². The van der Waals surface area contributed by atoms with E-state index in [1.54, 1.807) is 0 Å². The van der Waals surface area contributed by atoms with Gasteiger partial charge >= 0.3 is 0 Å². The summed E-state index contributed by atoms with van der Waals surface area (Å²) in [4.78, 5) is 2.74. The zero-order valence-electron chi connectivity index (χ0n) is 9.63. The van der Waals surface area contributed by atoms with Gasteiger partial charge in [-0.2, -0.15) is 0 Å². The molecule has 2 nitrogen and oxygen atoms in total. The number of nitrogens with one attached hydrogen (secondary N) is 1. The maximum absolute atomic E-state index is 3.45. The van der Waals surface area contributed by atoms with Crippen LogP contribution in [0.4, 0.5) is 0 Å². The number of piperidine rings is 1. The minimum Gasteiger partial charge on any atom is -0.317 e. The third-order valence-corrected chi connectivity index (χ3v) is 4.02. The standard InChI is InChI=1S/C12H24N2/c1-10(2)11-5-8-14(9-11)12-3-6-13-7-4-12/h10-13H,3-9H2,1-2H3. The van der Waals surface area contributed by atoms with Crippen molar-refractivity contribution in [2.75, 3.05) is 26.2 Å². The zero-order valence-corrected chi connectivity index (χ0v) is 9.63. The average Bonchev–Trinajstić information content (AvgIpc) is 2.68. The predicted octanol–water partition coefficient (Wildman–Crippen LogP) is 1.72. The highest BCUT2D eigenvalue weighted by Crippen LogP contribution is 2.27. The summed E-state index contributed by atoms with van der Waals surface area (Å²) in [6.07, 6.45) is 4.16. The number of rotatable bonds is 2. The first-order valence-corrected chi connectivity index (χ1v) is 6.22. The van der Waals surface area contributed by atoms with Crippen molar-refractivity contribution in [3.63, 3.8) is 0 Å². The van der Waals surface area contributed by atoms with Gasteiger partial charge in [0.2, 0.25) is 0 Å². The second kappa shape index (κ2) is 4.63. The second-order valence-electron chi connectivity index (χ2n) is 5.27. The first-order chi connectivity index (χ1) is 6.77. The molecule has 14 heavy (non-hydrogen) atoms. The maximum atomic E-state index is 3.45. The van der Waals surface area contributed by atoms with Crippen LogP contribution in [0.5, 0.6) is 0 Å². The second-order valence-corrected chi connectivity index (χ2v) is 5.27. The summed E-state index contributed by atoms with van der Waals surface area (Å²) < 4.78 is 0. The van der Waals surface area contributed by atoms with E-state index < -0.39 is 0 Å². The molecule has 0 amide bonds. The molecule has 0 aliphatic carbocycles. The van der Waals surface area contributed by atoms with Crippen LogP contribution in [-0.2, 0) is 0 Å². The van der Waals surface area contributed by atoms with Gasteiger partial charge in [-0.05, 0) is 50.7 Å². The lowest BCUT2D eigenvalue weighted by molar-refractivity contribution is 0.187. The van der Waals surface area contributed by atoms with E-state index in [1.807, 2.05) is 0 Å². The highest BCUT2D eigenvalue weighted by atomic mass is 15.2. The molecule has 1 atom stereocenters. The van der Waals surface area contributed by atoms with Crippen molar-refractivity contribution in [1.29, 1.82) is 0 Å². The molecule has 0 radical (unpaired) electrons. The minimum atomic E-state index is 0.877. The fourth-order valence-corrected chi connectivity index (χ4v) is 2.86. The van der Waals surface area contributed by atoms with Crippen molar-refractivity contribution >= 4 is 0 Å². The molecule has 0 saturated carbocycles. The molecule has 2 saturated heterocycles. The van der Waals surface area contributed by atoms with Gasteiger partial charge in [-0.15, -0.1) is 0 Å². The van der Waals surface area contributed by atoms with Crippen LogP contribution in [0, 0.1) is 11.8 Å². The Morgan fingerprint density at radius 2 is 1.86 bits per heavy atom. The Morgan fingerprint density at radius 1 is 1.14 bits per heavy atom. The van der Waals surface area contributed by atoms with E-state index in [2.05, 4.69) is 24.1 Å². The van der Waals surface area contributed by atoms with Gasteiger partial charge in [0.25, 0.3) is 0 Å². The third-order valence-electron chi connectivity index (χ3n) is 4.02. The molecule has 2 rings (SSSR count). The van der Waals surface area contributed by atoms with E-state index in [9.17, 15) is 0 Å². The van der Waals surface area contributed by atoms with Crippen LogP contribution in [0.15, 0.2) is 0 Å². The normalized spacial score (nSPS) is 31.5. The predicted molar refractivity (Wildman–Crippen MR) is 60.4 cm³/mol. The Hall–Kier alpha value is -0.0800. The molecule has 1 N–H and O–H groups in total. The fraction of sp³-hybridized carbons (Fsp3) is 1.00. The van der Waals surface area contributed by atoms with Crippen molar-refractivity contribution < 1.29 is 0 Å². The summed E-state index contributed by atoms with van der Waals surface area (Å²) in [5.41, 5.74) is 0. The molecular weight excluding hydrogens is 172 g/mol. The summed E-state index contributed by atoms with van der Waals surface area (Å²) >= 11 is 0. The number of hydrogen-bond acceptors (Lipinski definition) is 2. The molecule has 0 aromatic heterocycles. The lowest BCUT2D eigenvalue weighted by atomic mass is 9.95. The number of nitrogens with zero attached hydrogens (tertiary/aromatic N) is 1. The molecule has 2 aliphatic heterocycles. The van der Waals surface area contributed by atoms with Crippen molar-refractivity contribution in [3.05, 3.63) is 0 Å². The van der Waals surface area contributed by atoms with Crippen LogP contribution in [-0.4, -0.2) is 37.1 Å². The van der Waals surface area contributed by atoms with E-state index in [1.165, 1.54) is 45.4 Å². The highest BCUT2D eigenvalue weighted by Gasteiger charge is 2.30. The van der Waals surface area contributed by atoms with Gasteiger partial charge in [-0.1, -0.05) is 13.8 Å². The van der Waals surface area contributed by atoms with Gasteiger partial charge in [0, 0.05) is 12.6 Å². The molecule has 2 fully saturated rings. The molecule has 0 aromatic rings. The largest absolute Gasteiger partial charge is 0.317 e. The quantitative estimate of drug-likeness (QED) is 0.723. The van der Waals surface area contributed by atoms with Crippen LogP contribution in [0.1, 0.15) is 33.1 Å². The van der Waals surface area contributed by atoms with Crippen molar-refractivity contribution in [2.45, 2.75) is 39.2 Å². The number of hydrogen-bond donors (Lipinski definition) is 1. The molecule has 82 valence electrons. The molecule has 1 unspecified atom stereocenters. The molecule has 2 aliphatic rings. The van der Waals surface area contributed by atoms with E-state index >= 15 is 0 Å². The Morgan fingerprint density at radius 3 is 2.43 bits per heavy atom. The smallest absolute Gasteiger partial charge is 0.0119 e. The zero-order chi connectivity index (χ0) is 9.97. The van der Waals surface area contributed by atoms with Gasteiger partial charge in [0.1, 0.15) is 0 Å². The highest BCUT2D eigenvalue weighted by molar-refractivity contribution is 4.85. The molecule has 0 bridgehead atoms. The summed E-state index contributed by atoms with van der Waals surface area (Å²) in [5.74, 6) is 1.84. The summed E-state index contributed by atoms with van der Waals surface area (Å²) in [6, 6.07) is 0.889. The van der Waals surface area contributed by atoms with Gasteiger partial charge in [-0.3, -0.25) is 4.90 Å². The van der Waals surface area contributed by atoms with Crippen molar-refractivity contribution in [3.8, 4) is 0 Å². The monoisotopic (exact) mass is 196 g/mol. The first kappa shape index (κ1) is 10.4. The Labute approximate surface area is 88.1 Å². The molecule has 0 spiro atoms. The molecule has 0 aromatic carbocycles. The van der Waals surface area contributed by atoms with Gasteiger partial charge in [0.05, 0.1) is 0 Å². The lowest BCUT2D eigenvalue weighted by Gasteiger charge is -2.31. The van der Waals surface area contributed by atoms with Gasteiger partial charge in [-0.25, -0.2) is 0 Å². The van der Waals surface area contributed by atoms with Crippen LogP contribution < -0.4 is 5.32 Å². The van der Waals surface area contributed by atoms with E-state index in [4.69, 9.17) is 0 Å². The fourth-order valence-electron chi connectivity index (χ4n) is 2.86. The maximum Gasteiger partial charge on any atom is 0.0119 e. The molecule has 2 heterocycles. The summed E-state index contributed by atoms with van der Waals surface area (Å²) in [7, 11) is 0. The molecule has 2 heteroatoms. The van der Waals surface area contributed by atoms with Gasteiger partial charge in [0.15, 0.2) is 0 Å². The van der Waals surface area contributed by atoms with Crippen LogP contribution >= 0.6 is 0 Å². The molecular formula is C12H24N2. The van der Waals surface area contributed by atoms with Crippen molar-refractivity contribution in [2.24, 2.45) is 11.8 Å². The van der Waals surface area contributed by atoms with Crippen molar-refractivity contribution in [1.82, 2.24) is 10.2 Å². The van der Waals surface area contributed by atoms with Crippen LogP contribution in [0.2, 0.25) is 0 Å². The average molecular weight is 196 g/mol. The van der Waals surface area contributed by atoms with Gasteiger partial charge < -0.3 is 5.32 Å². The van der Waals surface area contributed by atoms with E-state index in [0.29, 0.717) is 0 Å². The topological polar surface area (TPSA) is 15.3 Å². The van der Waals surface area contributed by atoms with Crippen LogP contribution in [0.25, 0.3) is 0 Å². The first-order valence-electron chi connectivity index (χ1n) is 6.22. The Kier molecular flexibility index (Phi) is 3.45. The van der Waals surface area contributed by atoms with Crippen LogP contribution in [0.3, 0.4) is 0 Å². The Balaban J connectivity index is 1.82. The minimum absolute atomic E-state index is 0.877. The number of likely N-dealkylation sites (tertiary alicyclic amines) is 1. The lowest BCUT2D eigenvalue weighted by Crippen LogP contribution is -2.42. The summed E-state index contributed by atoms with van der Waals surface area (Å²) in [5, 5.41) is 3.45. The third kappa shape index (κ3) is 2.29. The SMILES string of the molecule is CC(C)C1CCN(C2CCNCC2)C1. The Bertz CT molecular complexity index is 173.